The number of hydrazone groups is 1. The minimum atomic E-state index is -0.143. The molecule has 0 aromatic heterocycles. The number of carbonyl (C=O) groups is 1. The zero-order chi connectivity index (χ0) is 17.6. The maximum atomic E-state index is 12.0. The third kappa shape index (κ3) is 4.92. The summed E-state index contributed by atoms with van der Waals surface area (Å²) in [7, 11) is 0. The topological polar surface area (TPSA) is 57.4 Å². The summed E-state index contributed by atoms with van der Waals surface area (Å²) >= 11 is 13.0. The molecule has 0 N–H and O–H groups in total. The van der Waals surface area contributed by atoms with Crippen LogP contribution >= 0.6 is 35.0 Å². The Morgan fingerprint density at radius 1 is 0.920 bits per heavy atom. The number of hydrogen-bond acceptors (Lipinski definition) is 5. The third-order valence-corrected chi connectivity index (χ3v) is 4.56. The number of thioether (sulfide) groups is 1. The van der Waals surface area contributed by atoms with Crippen LogP contribution in [0.25, 0.3) is 0 Å². The van der Waals surface area contributed by atoms with Gasteiger partial charge in [-0.25, -0.2) is 0 Å². The van der Waals surface area contributed by atoms with Crippen LogP contribution in [0.3, 0.4) is 0 Å². The summed E-state index contributed by atoms with van der Waals surface area (Å²) in [5.74, 6) is 0.142. The van der Waals surface area contributed by atoms with Crippen molar-refractivity contribution in [1.29, 1.82) is 0 Å². The van der Waals surface area contributed by atoms with Crippen LogP contribution in [0.1, 0.15) is 11.1 Å². The summed E-state index contributed by atoms with van der Waals surface area (Å²) in [6, 6.07) is 14.3. The monoisotopic (exact) mass is 390 g/mol. The van der Waals surface area contributed by atoms with Gasteiger partial charge in [-0.1, -0.05) is 59.2 Å². The summed E-state index contributed by atoms with van der Waals surface area (Å²) in [5, 5.41) is 15.3. The van der Waals surface area contributed by atoms with Gasteiger partial charge in [0, 0.05) is 10.0 Å². The van der Waals surface area contributed by atoms with Crippen molar-refractivity contribution in [3.63, 3.8) is 0 Å². The molecule has 2 aromatic rings. The van der Waals surface area contributed by atoms with Crippen LogP contribution in [0.2, 0.25) is 10.0 Å². The summed E-state index contributed by atoms with van der Waals surface area (Å²) in [6.07, 6.45) is 3.17. The van der Waals surface area contributed by atoms with E-state index in [2.05, 4.69) is 15.3 Å². The molecule has 1 saturated heterocycles. The Labute approximate surface area is 159 Å². The number of hydrogen-bond donors (Lipinski definition) is 0. The quantitative estimate of drug-likeness (QED) is 0.577. The van der Waals surface area contributed by atoms with E-state index >= 15 is 0 Å². The molecular formula is C17H12Cl2N4OS. The van der Waals surface area contributed by atoms with Gasteiger partial charge in [0.25, 0.3) is 5.91 Å². The van der Waals surface area contributed by atoms with Crippen LogP contribution in [-0.4, -0.2) is 34.3 Å². The van der Waals surface area contributed by atoms with Gasteiger partial charge in [0.2, 0.25) is 5.17 Å². The van der Waals surface area contributed by atoms with Gasteiger partial charge in [-0.2, -0.15) is 15.2 Å². The maximum absolute atomic E-state index is 12.0. The Morgan fingerprint density at radius 2 is 1.48 bits per heavy atom. The van der Waals surface area contributed by atoms with E-state index in [1.165, 1.54) is 16.8 Å². The van der Waals surface area contributed by atoms with Crippen LogP contribution in [0.4, 0.5) is 0 Å². The van der Waals surface area contributed by atoms with Gasteiger partial charge in [-0.3, -0.25) is 4.79 Å². The summed E-state index contributed by atoms with van der Waals surface area (Å²) in [6.45, 7) is 0. The molecule has 3 rings (SSSR count). The van der Waals surface area contributed by atoms with Crippen LogP contribution in [0.15, 0.2) is 63.8 Å². The second-order valence-corrected chi connectivity index (χ2v) is 6.78. The van der Waals surface area contributed by atoms with E-state index in [0.29, 0.717) is 15.2 Å². The fourth-order valence-corrected chi connectivity index (χ4v) is 2.91. The van der Waals surface area contributed by atoms with Gasteiger partial charge in [-0.15, -0.1) is 5.10 Å². The van der Waals surface area contributed by atoms with Gasteiger partial charge < -0.3 is 0 Å². The summed E-state index contributed by atoms with van der Waals surface area (Å²) in [5.41, 5.74) is 1.69. The standard InChI is InChI=1S/C17H12Cl2N4OS/c18-14-5-1-12(2-6-14)9-20-22-17-23(16(24)11-25-17)21-10-13-3-7-15(19)8-4-13/h1-10H,11H2/b20-9-,21-10-,22-17+. The Bertz CT molecular complexity index is 848. The summed E-state index contributed by atoms with van der Waals surface area (Å²) < 4.78 is 0. The minimum absolute atomic E-state index is 0.143. The molecule has 1 heterocycles. The molecular weight excluding hydrogens is 379 g/mol. The van der Waals surface area contributed by atoms with E-state index in [1.54, 1.807) is 36.7 Å². The van der Waals surface area contributed by atoms with E-state index in [4.69, 9.17) is 23.2 Å². The first-order valence-corrected chi connectivity index (χ1v) is 8.98. The smallest absolute Gasteiger partial charge is 0.259 e. The highest BCUT2D eigenvalue weighted by molar-refractivity contribution is 8.15. The number of amidine groups is 1. The maximum Gasteiger partial charge on any atom is 0.259 e. The number of benzene rings is 2. The second-order valence-electron chi connectivity index (χ2n) is 4.97. The highest BCUT2D eigenvalue weighted by Gasteiger charge is 2.28. The molecule has 0 spiro atoms. The highest BCUT2D eigenvalue weighted by atomic mass is 35.5. The molecule has 0 bridgehead atoms. The van der Waals surface area contributed by atoms with Gasteiger partial charge in [0.15, 0.2) is 0 Å². The molecule has 2 aromatic carbocycles. The van der Waals surface area contributed by atoms with Crippen LogP contribution < -0.4 is 0 Å². The van der Waals surface area contributed by atoms with Gasteiger partial charge >= 0.3 is 0 Å². The lowest BCUT2D eigenvalue weighted by molar-refractivity contribution is -0.124. The molecule has 0 unspecified atom stereocenters. The molecule has 1 aliphatic rings. The average Bonchev–Trinajstić information content (AvgIpc) is 2.96. The molecule has 0 radical (unpaired) electrons. The largest absolute Gasteiger partial charge is 0.271 e. The van der Waals surface area contributed by atoms with Crippen molar-refractivity contribution in [2.75, 3.05) is 5.75 Å². The molecule has 1 amide bonds. The minimum Gasteiger partial charge on any atom is -0.271 e. The van der Waals surface area contributed by atoms with Gasteiger partial charge in [-0.05, 0) is 35.4 Å². The van der Waals surface area contributed by atoms with E-state index < -0.39 is 0 Å². The zero-order valence-corrected chi connectivity index (χ0v) is 15.2. The lowest BCUT2D eigenvalue weighted by atomic mass is 10.2. The Kier molecular flexibility index (Phi) is 5.86. The fraction of sp³-hybridized carbons (Fsp3) is 0.0588. The lowest BCUT2D eigenvalue weighted by Gasteiger charge is -2.07. The molecule has 0 saturated carbocycles. The van der Waals surface area contributed by atoms with Crippen molar-refractivity contribution in [1.82, 2.24) is 5.01 Å². The molecule has 8 heteroatoms. The predicted molar refractivity (Wildman–Crippen MR) is 105 cm³/mol. The predicted octanol–water partition coefficient (Wildman–Crippen LogP) is 4.29. The average molecular weight is 391 g/mol. The van der Waals surface area contributed by atoms with Crippen molar-refractivity contribution in [2.45, 2.75) is 0 Å². The summed E-state index contributed by atoms with van der Waals surface area (Å²) in [4.78, 5) is 12.0. The molecule has 5 nitrogen and oxygen atoms in total. The van der Waals surface area contributed by atoms with Crippen molar-refractivity contribution in [2.24, 2.45) is 15.3 Å². The number of amides is 1. The normalized spacial score (nSPS) is 16.6. The van der Waals surface area contributed by atoms with E-state index in [9.17, 15) is 4.79 Å². The van der Waals surface area contributed by atoms with Gasteiger partial charge in [0.05, 0.1) is 18.2 Å². The molecule has 25 heavy (non-hydrogen) atoms. The third-order valence-electron chi connectivity index (χ3n) is 3.15. The van der Waals surface area contributed by atoms with E-state index in [0.717, 1.165) is 11.1 Å². The molecule has 0 aliphatic carbocycles. The number of rotatable bonds is 4. The number of carbonyl (C=O) groups excluding carboxylic acids is 1. The Morgan fingerprint density at radius 3 is 2.08 bits per heavy atom. The van der Waals surface area contributed by atoms with Crippen molar-refractivity contribution >= 4 is 58.5 Å². The molecule has 1 aliphatic heterocycles. The molecule has 126 valence electrons. The first-order valence-electron chi connectivity index (χ1n) is 7.24. The van der Waals surface area contributed by atoms with Crippen LogP contribution in [0.5, 0.6) is 0 Å². The lowest BCUT2D eigenvalue weighted by Crippen LogP contribution is -2.23. The SMILES string of the molecule is O=C1CS/C(=N/N=C\c2ccc(Cl)cc2)N1/N=C\c1ccc(Cl)cc1. The Balaban J connectivity index is 1.72. The second kappa shape index (κ2) is 8.29. The van der Waals surface area contributed by atoms with Crippen LogP contribution in [-0.2, 0) is 4.79 Å². The first-order chi connectivity index (χ1) is 12.1. The van der Waals surface area contributed by atoms with E-state index in [1.807, 2.05) is 24.3 Å². The zero-order valence-electron chi connectivity index (χ0n) is 12.8. The van der Waals surface area contributed by atoms with Crippen molar-refractivity contribution < 1.29 is 4.79 Å². The number of nitrogens with zero attached hydrogens (tertiary/aromatic N) is 4. The Hall–Kier alpha value is -2.15. The van der Waals surface area contributed by atoms with Gasteiger partial charge in [0.1, 0.15) is 0 Å². The fourth-order valence-electron chi connectivity index (χ4n) is 1.91. The van der Waals surface area contributed by atoms with Crippen molar-refractivity contribution in [3.05, 3.63) is 69.7 Å². The van der Waals surface area contributed by atoms with Crippen molar-refractivity contribution in [3.8, 4) is 0 Å². The van der Waals surface area contributed by atoms with E-state index in [-0.39, 0.29) is 11.7 Å². The first kappa shape index (κ1) is 17.7. The molecule has 1 fully saturated rings. The molecule has 0 atom stereocenters. The van der Waals surface area contributed by atoms with Crippen LogP contribution in [0, 0.1) is 0 Å². The number of halogens is 2. The highest BCUT2D eigenvalue weighted by Crippen LogP contribution is 2.20.